The summed E-state index contributed by atoms with van der Waals surface area (Å²) < 4.78 is 16.2. The molecule has 19 heavy (non-hydrogen) atoms. The zero-order chi connectivity index (χ0) is 14.3. The van der Waals surface area contributed by atoms with Crippen LogP contribution in [0.3, 0.4) is 0 Å². The monoisotopic (exact) mass is 346 g/mol. The van der Waals surface area contributed by atoms with Crippen molar-refractivity contribution in [3.63, 3.8) is 0 Å². The van der Waals surface area contributed by atoms with Gasteiger partial charge in [-0.1, -0.05) is 13.8 Å². The number of benzene rings is 1. The van der Waals surface area contributed by atoms with Crippen LogP contribution in [0.2, 0.25) is 0 Å². The van der Waals surface area contributed by atoms with Gasteiger partial charge in [-0.05, 0) is 41.8 Å². The molecular weight excluding hydrogens is 331 g/mol. The molecule has 0 amide bonds. The number of halogens is 3. The topological polar surface area (TPSA) is 17.8 Å². The van der Waals surface area contributed by atoms with Crippen molar-refractivity contribution >= 4 is 38.6 Å². The Balaban J connectivity index is 2.76. The highest BCUT2D eigenvalue weighted by molar-refractivity contribution is 9.10. The highest BCUT2D eigenvalue weighted by Crippen LogP contribution is 2.33. The first-order valence-corrected chi connectivity index (χ1v) is 7.56. The quantitative estimate of drug-likeness (QED) is 0.675. The molecule has 1 aromatic carbocycles. The Bertz CT molecular complexity index is 607. The maximum Gasteiger partial charge on any atom is 0.139 e. The smallest absolute Gasteiger partial charge is 0.139 e. The first-order chi connectivity index (χ1) is 8.82. The normalized spacial score (nSPS) is 15.2. The fraction of sp³-hybridized carbons (Fsp3) is 0.500. The molecule has 0 radical (unpaired) electrons. The molecule has 1 heterocycles. The van der Waals surface area contributed by atoms with Crippen molar-refractivity contribution in [1.82, 2.24) is 9.55 Å². The molecule has 0 aliphatic carbocycles. The molecule has 0 bridgehead atoms. The molecule has 2 unspecified atom stereocenters. The molecule has 0 N–H and O–H groups in total. The van der Waals surface area contributed by atoms with E-state index in [1.54, 1.807) is 6.07 Å². The second kappa shape index (κ2) is 5.41. The van der Waals surface area contributed by atoms with Gasteiger partial charge in [0.1, 0.15) is 11.6 Å². The van der Waals surface area contributed by atoms with E-state index in [2.05, 4.69) is 46.3 Å². The van der Waals surface area contributed by atoms with Crippen LogP contribution in [-0.4, -0.2) is 9.55 Å². The van der Waals surface area contributed by atoms with Gasteiger partial charge in [0, 0.05) is 12.1 Å². The largest absolute Gasteiger partial charge is 0.324 e. The third-order valence-electron chi connectivity index (χ3n) is 3.49. The third kappa shape index (κ3) is 2.65. The number of nitrogens with zero attached hydrogens (tertiary/aromatic N) is 2. The van der Waals surface area contributed by atoms with E-state index in [9.17, 15) is 4.39 Å². The summed E-state index contributed by atoms with van der Waals surface area (Å²) in [6, 6.07) is 3.48. The Morgan fingerprint density at radius 2 is 1.89 bits per heavy atom. The Morgan fingerprint density at radius 1 is 1.26 bits per heavy atom. The minimum atomic E-state index is -0.303. The van der Waals surface area contributed by atoms with E-state index in [-0.39, 0.29) is 17.2 Å². The van der Waals surface area contributed by atoms with Crippen LogP contribution in [0.25, 0.3) is 11.0 Å². The molecular formula is C14H17BrClFN2. The summed E-state index contributed by atoms with van der Waals surface area (Å²) in [6.45, 7) is 8.32. The molecule has 0 saturated heterocycles. The van der Waals surface area contributed by atoms with Gasteiger partial charge in [0.2, 0.25) is 0 Å². The lowest BCUT2D eigenvalue weighted by atomic mass is 10.1. The highest BCUT2D eigenvalue weighted by Gasteiger charge is 2.21. The van der Waals surface area contributed by atoms with Crippen LogP contribution in [0, 0.1) is 11.7 Å². The number of hydrogen-bond acceptors (Lipinski definition) is 1. The lowest BCUT2D eigenvalue weighted by molar-refractivity contribution is 0.405. The van der Waals surface area contributed by atoms with Gasteiger partial charge in [-0.3, -0.25) is 0 Å². The van der Waals surface area contributed by atoms with E-state index in [1.165, 1.54) is 6.07 Å². The van der Waals surface area contributed by atoms with Crippen molar-refractivity contribution in [2.75, 3.05) is 0 Å². The van der Waals surface area contributed by atoms with Crippen LogP contribution in [0.15, 0.2) is 16.6 Å². The molecule has 2 aromatic rings. The van der Waals surface area contributed by atoms with Crippen molar-refractivity contribution in [3.8, 4) is 0 Å². The molecule has 0 aliphatic heterocycles. The molecule has 0 aliphatic rings. The number of hydrogen-bond donors (Lipinski definition) is 0. The first kappa shape index (κ1) is 14.8. The molecule has 104 valence electrons. The maximum absolute atomic E-state index is 13.6. The number of rotatable bonds is 3. The maximum atomic E-state index is 13.6. The lowest BCUT2D eigenvalue weighted by Gasteiger charge is -2.22. The van der Waals surface area contributed by atoms with Crippen LogP contribution in [0.1, 0.15) is 44.9 Å². The summed E-state index contributed by atoms with van der Waals surface area (Å²) in [6.07, 6.45) is 0. The summed E-state index contributed by atoms with van der Waals surface area (Å²) in [5.41, 5.74) is 1.56. The first-order valence-electron chi connectivity index (χ1n) is 6.33. The van der Waals surface area contributed by atoms with E-state index in [0.29, 0.717) is 15.9 Å². The van der Waals surface area contributed by atoms with Crippen molar-refractivity contribution in [2.45, 2.75) is 39.1 Å². The van der Waals surface area contributed by atoms with Gasteiger partial charge in [0.15, 0.2) is 0 Å². The summed E-state index contributed by atoms with van der Waals surface area (Å²) >= 11 is 9.45. The van der Waals surface area contributed by atoms with Gasteiger partial charge in [-0.25, -0.2) is 9.37 Å². The van der Waals surface area contributed by atoms with Gasteiger partial charge in [-0.2, -0.15) is 0 Å². The molecule has 0 saturated carbocycles. The van der Waals surface area contributed by atoms with Gasteiger partial charge >= 0.3 is 0 Å². The van der Waals surface area contributed by atoms with E-state index in [1.807, 2.05) is 6.92 Å². The predicted octanol–water partition coefficient (Wildman–Crippen LogP) is 5.45. The predicted molar refractivity (Wildman–Crippen MR) is 81.2 cm³/mol. The second-order valence-electron chi connectivity index (χ2n) is 5.20. The summed E-state index contributed by atoms with van der Waals surface area (Å²) in [4.78, 5) is 4.49. The van der Waals surface area contributed by atoms with Crippen LogP contribution in [0.5, 0.6) is 0 Å². The summed E-state index contributed by atoms with van der Waals surface area (Å²) in [7, 11) is 0. The molecule has 1 aromatic heterocycles. The van der Waals surface area contributed by atoms with Gasteiger partial charge < -0.3 is 4.57 Å². The third-order valence-corrected chi connectivity index (χ3v) is 4.29. The van der Waals surface area contributed by atoms with Crippen LogP contribution in [0.4, 0.5) is 4.39 Å². The Hall–Kier alpha value is -0.610. The van der Waals surface area contributed by atoms with Crippen molar-refractivity contribution in [2.24, 2.45) is 5.92 Å². The fourth-order valence-electron chi connectivity index (χ4n) is 2.12. The average Bonchev–Trinajstić information content (AvgIpc) is 2.67. The van der Waals surface area contributed by atoms with Crippen LogP contribution < -0.4 is 0 Å². The molecule has 2 rings (SSSR count). The standard InChI is InChI=1S/C14H17BrClFN2/c1-7(2)9(4)19-13-5-10(15)11(17)6-12(13)18-14(19)8(3)16/h5-9H,1-4H3. The lowest BCUT2D eigenvalue weighted by Crippen LogP contribution is -2.15. The van der Waals surface area contributed by atoms with Crippen LogP contribution >= 0.6 is 27.5 Å². The molecule has 2 nitrogen and oxygen atoms in total. The Kier molecular flexibility index (Phi) is 4.21. The van der Waals surface area contributed by atoms with E-state index in [0.717, 1.165) is 11.3 Å². The number of aromatic nitrogens is 2. The molecule has 0 fully saturated rings. The van der Waals surface area contributed by atoms with Crippen LogP contribution in [-0.2, 0) is 0 Å². The molecule has 2 atom stereocenters. The zero-order valence-electron chi connectivity index (χ0n) is 11.4. The number of fused-ring (bicyclic) bond motifs is 1. The number of imidazole rings is 1. The van der Waals surface area contributed by atoms with Crippen molar-refractivity contribution in [3.05, 3.63) is 28.2 Å². The van der Waals surface area contributed by atoms with E-state index < -0.39 is 0 Å². The molecule has 0 spiro atoms. The second-order valence-corrected chi connectivity index (χ2v) is 6.70. The summed E-state index contributed by atoms with van der Waals surface area (Å²) in [5.74, 6) is 0.925. The molecule has 5 heteroatoms. The van der Waals surface area contributed by atoms with E-state index in [4.69, 9.17) is 11.6 Å². The minimum Gasteiger partial charge on any atom is -0.324 e. The van der Waals surface area contributed by atoms with Crippen molar-refractivity contribution < 1.29 is 4.39 Å². The van der Waals surface area contributed by atoms with Gasteiger partial charge in [0.25, 0.3) is 0 Å². The van der Waals surface area contributed by atoms with E-state index >= 15 is 0 Å². The average molecular weight is 348 g/mol. The van der Waals surface area contributed by atoms with Crippen molar-refractivity contribution in [1.29, 1.82) is 0 Å². The Morgan fingerprint density at radius 3 is 2.42 bits per heavy atom. The summed E-state index contributed by atoms with van der Waals surface area (Å²) in [5, 5.41) is -0.213. The highest BCUT2D eigenvalue weighted by atomic mass is 79.9. The fourth-order valence-corrected chi connectivity index (χ4v) is 2.60. The minimum absolute atomic E-state index is 0.213. The zero-order valence-corrected chi connectivity index (χ0v) is 13.8. The number of alkyl halides is 1. The Labute approximate surface area is 126 Å². The van der Waals surface area contributed by atoms with Gasteiger partial charge in [0.05, 0.1) is 20.9 Å². The van der Waals surface area contributed by atoms with Gasteiger partial charge in [-0.15, -0.1) is 11.6 Å². The SMILES string of the molecule is CC(Cl)c1nc2cc(F)c(Br)cc2n1C(C)C(C)C.